The number of aliphatic hydroxyl groups is 1. The van der Waals surface area contributed by atoms with Gasteiger partial charge in [-0.3, -0.25) is 9.59 Å². The van der Waals surface area contributed by atoms with Gasteiger partial charge in [0.05, 0.1) is 12.0 Å². The third-order valence-electron chi connectivity index (χ3n) is 1.99. The molecule has 0 aromatic rings. The average molecular weight is 322 g/mol. The summed E-state index contributed by atoms with van der Waals surface area (Å²) in [5, 5.41) is 4.32. The van der Waals surface area contributed by atoms with E-state index in [1.807, 2.05) is 0 Å². The number of aliphatic hydroxyl groups excluding tert-OH is 1. The largest absolute Gasteiger partial charge is 0.511 e. The van der Waals surface area contributed by atoms with Crippen molar-refractivity contribution in [1.82, 2.24) is 0 Å². The minimum atomic E-state index is -5.57. The van der Waals surface area contributed by atoms with E-state index >= 15 is 0 Å². The van der Waals surface area contributed by atoms with E-state index in [1.165, 1.54) is 0 Å². The Balaban J connectivity index is 5.62. The molecule has 0 saturated carbocycles. The molecule has 116 valence electrons. The zero-order valence-electron chi connectivity index (χ0n) is 10.5. The minimum Gasteiger partial charge on any atom is -0.511 e. The lowest BCUT2D eigenvalue weighted by Gasteiger charge is -2.26. The fourth-order valence-electron chi connectivity index (χ4n) is 1.17. The molecule has 0 aromatic carbocycles. The Labute approximate surface area is 115 Å². The topological polar surface area (TPSA) is 63.6 Å². The first kappa shape index (κ1) is 18.7. The quantitative estimate of drug-likeness (QED) is 0.365. The van der Waals surface area contributed by atoms with Crippen molar-refractivity contribution in [1.29, 1.82) is 0 Å². The van der Waals surface area contributed by atoms with Gasteiger partial charge in [-0.25, -0.2) is 0 Å². The summed E-state index contributed by atoms with van der Waals surface area (Å²) in [4.78, 5) is 21.0. The summed E-state index contributed by atoms with van der Waals surface area (Å²) in [6.45, 7) is 1.65. The summed E-state index contributed by atoms with van der Waals surface area (Å²) in [5.41, 5.74) is 0. The van der Waals surface area contributed by atoms with E-state index in [1.54, 1.807) is 0 Å². The number of methoxy groups -OCH3 is 1. The number of carbonyl (C=O) groups is 2. The van der Waals surface area contributed by atoms with Crippen LogP contribution in [0.15, 0.2) is 10.7 Å². The van der Waals surface area contributed by atoms with Crippen LogP contribution in [0.25, 0.3) is 0 Å². The Morgan fingerprint density at radius 3 is 1.85 bits per heavy atom. The van der Waals surface area contributed by atoms with E-state index in [0.29, 0.717) is 7.11 Å². The Kier molecular flexibility index (Phi) is 6.00. The minimum absolute atomic E-state index is 0.529. The van der Waals surface area contributed by atoms with Crippen molar-refractivity contribution >= 4 is 23.5 Å². The highest BCUT2D eigenvalue weighted by Gasteiger charge is 2.62. The van der Waals surface area contributed by atoms with Crippen LogP contribution in [0, 0.1) is 5.92 Å². The number of hydrogen-bond acceptors (Lipinski definition) is 5. The van der Waals surface area contributed by atoms with Gasteiger partial charge in [0.25, 0.3) is 0 Å². The van der Waals surface area contributed by atoms with Crippen LogP contribution in [0.4, 0.5) is 22.0 Å². The van der Waals surface area contributed by atoms with Gasteiger partial charge < -0.3 is 9.84 Å². The molecule has 0 saturated heterocycles. The fraction of sp³-hybridized carbons (Fsp3) is 0.600. The standard InChI is InChI=1S/C10H11F5O4S/c1-4(16)6(5(2)17)20-10(14,15)7(8(18)19-3)9(11,12)13/h7,16H,1-3H3/t7-/m1/s1. The summed E-state index contributed by atoms with van der Waals surface area (Å²) in [5.74, 6) is -7.86. The normalized spacial score (nSPS) is 15.4. The predicted molar refractivity (Wildman–Crippen MR) is 60.1 cm³/mol. The molecule has 0 aliphatic heterocycles. The second-order valence-corrected chi connectivity index (χ2v) is 4.79. The van der Waals surface area contributed by atoms with Crippen molar-refractivity contribution in [2.24, 2.45) is 5.92 Å². The number of hydrogen-bond donors (Lipinski definition) is 1. The van der Waals surface area contributed by atoms with E-state index in [2.05, 4.69) is 4.74 Å². The third-order valence-corrected chi connectivity index (χ3v) is 3.28. The van der Waals surface area contributed by atoms with Crippen LogP contribution in [0.2, 0.25) is 0 Å². The predicted octanol–water partition coefficient (Wildman–Crippen LogP) is 3.04. The molecule has 0 amide bonds. The van der Waals surface area contributed by atoms with Gasteiger partial charge in [0.2, 0.25) is 5.92 Å². The number of rotatable bonds is 5. The number of carbonyl (C=O) groups excluding carboxylic acids is 2. The molecule has 1 N–H and O–H groups in total. The molecule has 0 heterocycles. The highest BCUT2D eigenvalue weighted by Crippen LogP contribution is 2.48. The van der Waals surface area contributed by atoms with Gasteiger partial charge in [0.1, 0.15) is 5.76 Å². The van der Waals surface area contributed by atoms with Crippen LogP contribution < -0.4 is 0 Å². The van der Waals surface area contributed by atoms with Gasteiger partial charge in [0, 0.05) is 0 Å². The molecule has 0 fully saturated rings. The Hall–Kier alpha value is -1.32. The lowest BCUT2D eigenvalue weighted by molar-refractivity contribution is -0.224. The van der Waals surface area contributed by atoms with Crippen LogP contribution in [0.3, 0.4) is 0 Å². The van der Waals surface area contributed by atoms with Crippen molar-refractivity contribution in [2.75, 3.05) is 7.11 Å². The summed E-state index contributed by atoms with van der Waals surface area (Å²) < 4.78 is 68.6. The molecule has 0 rings (SSSR count). The molecule has 0 spiro atoms. The molecule has 1 atom stereocenters. The van der Waals surface area contributed by atoms with Crippen molar-refractivity contribution in [3.05, 3.63) is 10.7 Å². The van der Waals surface area contributed by atoms with Gasteiger partial charge in [-0.05, 0) is 25.6 Å². The monoisotopic (exact) mass is 322 g/mol. The summed E-state index contributed by atoms with van der Waals surface area (Å²) in [6, 6.07) is 0. The molecule has 4 nitrogen and oxygen atoms in total. The Bertz CT molecular complexity index is 426. The van der Waals surface area contributed by atoms with Crippen LogP contribution in [-0.4, -0.2) is 35.4 Å². The number of halogens is 5. The van der Waals surface area contributed by atoms with Crippen LogP contribution in [0.5, 0.6) is 0 Å². The molecule has 0 unspecified atom stereocenters. The average Bonchev–Trinajstić information content (AvgIpc) is 2.22. The fourth-order valence-corrected chi connectivity index (χ4v) is 2.09. The second kappa shape index (κ2) is 6.42. The zero-order chi connectivity index (χ0) is 16.3. The lowest BCUT2D eigenvalue weighted by atomic mass is 10.1. The highest BCUT2D eigenvalue weighted by atomic mass is 32.2. The van der Waals surface area contributed by atoms with E-state index < -0.39 is 51.5 Å². The molecule has 10 heteroatoms. The maximum Gasteiger partial charge on any atom is 0.409 e. The Morgan fingerprint density at radius 2 is 1.60 bits per heavy atom. The maximum absolute atomic E-state index is 13.6. The second-order valence-electron chi connectivity index (χ2n) is 3.63. The summed E-state index contributed by atoms with van der Waals surface area (Å²) >= 11 is -0.832. The third kappa shape index (κ3) is 4.66. The molecule has 0 bridgehead atoms. The van der Waals surface area contributed by atoms with Crippen LogP contribution in [0.1, 0.15) is 13.8 Å². The first-order valence-electron chi connectivity index (χ1n) is 4.96. The van der Waals surface area contributed by atoms with Crippen LogP contribution >= 0.6 is 11.8 Å². The van der Waals surface area contributed by atoms with E-state index in [4.69, 9.17) is 5.11 Å². The number of ether oxygens (including phenoxy) is 1. The number of Topliss-reactive ketones (excluding diaryl/α,β-unsaturated/α-hetero) is 1. The summed E-state index contributed by atoms with van der Waals surface area (Å²) in [6.07, 6.45) is -5.57. The van der Waals surface area contributed by atoms with Crippen molar-refractivity contribution in [3.8, 4) is 0 Å². The first-order valence-corrected chi connectivity index (χ1v) is 5.78. The van der Waals surface area contributed by atoms with Gasteiger partial charge in [0.15, 0.2) is 5.78 Å². The van der Waals surface area contributed by atoms with Crippen molar-refractivity contribution in [2.45, 2.75) is 25.3 Å². The van der Waals surface area contributed by atoms with E-state index in [-0.39, 0.29) is 0 Å². The summed E-state index contributed by atoms with van der Waals surface area (Å²) in [7, 11) is 0.529. The number of alkyl halides is 5. The molecule has 0 aliphatic rings. The van der Waals surface area contributed by atoms with Gasteiger partial charge in [-0.2, -0.15) is 22.0 Å². The van der Waals surface area contributed by atoms with E-state index in [0.717, 1.165) is 13.8 Å². The SMILES string of the molecule is COC(=O)[C@H](C(F)(F)F)C(F)(F)SC(C(C)=O)=C(C)O. The number of thioether (sulfide) groups is 1. The molecular weight excluding hydrogens is 311 g/mol. The van der Waals surface area contributed by atoms with E-state index in [9.17, 15) is 31.5 Å². The van der Waals surface area contributed by atoms with Gasteiger partial charge >= 0.3 is 17.4 Å². The van der Waals surface area contributed by atoms with Crippen LogP contribution in [-0.2, 0) is 14.3 Å². The Morgan fingerprint density at radius 1 is 1.15 bits per heavy atom. The molecular formula is C10H11F5O4S. The highest BCUT2D eigenvalue weighted by molar-refractivity contribution is 8.05. The smallest absolute Gasteiger partial charge is 0.409 e. The van der Waals surface area contributed by atoms with Crippen molar-refractivity contribution in [3.63, 3.8) is 0 Å². The lowest BCUT2D eigenvalue weighted by Crippen LogP contribution is -2.44. The van der Waals surface area contributed by atoms with Crippen molar-refractivity contribution < 1.29 is 41.4 Å². The molecule has 0 aromatic heterocycles. The number of esters is 1. The molecule has 0 radical (unpaired) electrons. The molecule has 0 aliphatic carbocycles. The first-order chi connectivity index (χ1) is 8.84. The molecule has 20 heavy (non-hydrogen) atoms. The number of ketones is 1. The van der Waals surface area contributed by atoms with Gasteiger partial charge in [-0.15, -0.1) is 0 Å². The van der Waals surface area contributed by atoms with Gasteiger partial charge in [-0.1, -0.05) is 0 Å². The zero-order valence-corrected chi connectivity index (χ0v) is 11.4. The maximum atomic E-state index is 13.6. The number of allylic oxidation sites excluding steroid dienone is 2.